The molecule has 5 nitrogen and oxygen atoms in total. The summed E-state index contributed by atoms with van der Waals surface area (Å²) in [4.78, 5) is 12.3. The van der Waals surface area contributed by atoms with Gasteiger partial charge in [-0.05, 0) is 38.9 Å². The molecule has 0 saturated heterocycles. The minimum absolute atomic E-state index is 0.105. The fourth-order valence-electron chi connectivity index (χ4n) is 1.63. The van der Waals surface area contributed by atoms with E-state index in [-0.39, 0.29) is 30.5 Å². The number of ketones is 1. The van der Waals surface area contributed by atoms with Crippen molar-refractivity contribution in [2.24, 2.45) is 0 Å². The van der Waals surface area contributed by atoms with Gasteiger partial charge >= 0.3 is 7.60 Å². The maximum Gasteiger partial charge on any atom is 0.340 e. The van der Waals surface area contributed by atoms with Crippen LogP contribution in [-0.4, -0.2) is 39.6 Å². The van der Waals surface area contributed by atoms with Crippen LogP contribution in [0, 0.1) is 0 Å². The van der Waals surface area contributed by atoms with Gasteiger partial charge in [0.05, 0.1) is 13.2 Å². The van der Waals surface area contributed by atoms with Crippen molar-refractivity contribution >= 4 is 21.7 Å². The molecule has 0 aliphatic carbocycles. The fourth-order valence-corrected chi connectivity index (χ4v) is 4.40. The van der Waals surface area contributed by atoms with Crippen molar-refractivity contribution in [2.75, 3.05) is 19.8 Å². The quantitative estimate of drug-likeness (QED) is 0.424. The SMILES string of the molecule is CCOP(=O)(OCC)C(C)C(=O)CCO[Si](C)(C)C(C)(C)C. The zero-order valence-corrected chi connectivity index (χ0v) is 17.3. The molecule has 1 atom stereocenters. The monoisotopic (exact) mass is 352 g/mol. The minimum atomic E-state index is -3.37. The van der Waals surface area contributed by atoms with Gasteiger partial charge in [0.2, 0.25) is 0 Å². The van der Waals surface area contributed by atoms with Gasteiger partial charge in [-0.2, -0.15) is 0 Å². The molecule has 0 aromatic rings. The van der Waals surface area contributed by atoms with E-state index in [0.717, 1.165) is 0 Å². The average molecular weight is 352 g/mol. The van der Waals surface area contributed by atoms with Gasteiger partial charge < -0.3 is 13.5 Å². The first-order chi connectivity index (χ1) is 9.91. The third-order valence-corrected chi connectivity index (χ3v) is 11.2. The molecule has 0 aliphatic heterocycles. The molecular formula is C15H33O5PSi. The molecule has 1 unspecified atom stereocenters. The molecule has 0 aromatic heterocycles. The Balaban J connectivity index is 4.63. The second-order valence-electron chi connectivity index (χ2n) is 6.88. The summed E-state index contributed by atoms with van der Waals surface area (Å²) in [5, 5.41) is 0.105. The maximum atomic E-state index is 12.6. The maximum absolute atomic E-state index is 12.6. The lowest BCUT2D eigenvalue weighted by Gasteiger charge is -2.36. The minimum Gasteiger partial charge on any atom is -0.416 e. The van der Waals surface area contributed by atoms with E-state index in [1.807, 2.05) is 0 Å². The Morgan fingerprint density at radius 1 is 1.14 bits per heavy atom. The summed E-state index contributed by atoms with van der Waals surface area (Å²) >= 11 is 0. The van der Waals surface area contributed by atoms with E-state index in [1.54, 1.807) is 20.8 Å². The molecule has 0 radical (unpaired) electrons. The van der Waals surface area contributed by atoms with Crippen LogP contribution in [0.15, 0.2) is 0 Å². The second-order valence-corrected chi connectivity index (χ2v) is 14.1. The van der Waals surface area contributed by atoms with Gasteiger partial charge in [0, 0.05) is 13.0 Å². The molecule has 0 spiro atoms. The fraction of sp³-hybridized carbons (Fsp3) is 0.933. The Hall–Kier alpha value is -0.00312. The molecular weight excluding hydrogens is 319 g/mol. The van der Waals surface area contributed by atoms with E-state index in [1.165, 1.54) is 0 Å². The summed E-state index contributed by atoms with van der Waals surface area (Å²) in [7, 11) is -5.24. The van der Waals surface area contributed by atoms with Gasteiger partial charge in [0.15, 0.2) is 8.32 Å². The molecule has 0 rings (SSSR count). The van der Waals surface area contributed by atoms with Crippen LogP contribution in [0.4, 0.5) is 0 Å². The first kappa shape index (κ1) is 22.0. The molecule has 0 aliphatic rings. The smallest absolute Gasteiger partial charge is 0.340 e. The Morgan fingerprint density at radius 3 is 1.95 bits per heavy atom. The van der Waals surface area contributed by atoms with E-state index in [0.29, 0.717) is 6.61 Å². The van der Waals surface area contributed by atoms with Crippen molar-refractivity contribution in [3.63, 3.8) is 0 Å². The zero-order chi connectivity index (χ0) is 17.6. The lowest BCUT2D eigenvalue weighted by molar-refractivity contribution is -0.119. The Kier molecular flexibility index (Phi) is 8.74. The third kappa shape index (κ3) is 6.24. The molecule has 0 bridgehead atoms. The molecule has 0 heterocycles. The lowest BCUT2D eigenvalue weighted by Crippen LogP contribution is -2.41. The van der Waals surface area contributed by atoms with Gasteiger partial charge in [0.1, 0.15) is 11.4 Å². The number of carbonyl (C=O) groups excluding carboxylic acids is 1. The van der Waals surface area contributed by atoms with Crippen LogP contribution in [0.25, 0.3) is 0 Å². The second kappa shape index (κ2) is 8.74. The summed E-state index contributed by atoms with van der Waals surface area (Å²) in [5.74, 6) is -0.135. The number of hydrogen-bond donors (Lipinski definition) is 0. The highest BCUT2D eigenvalue weighted by Crippen LogP contribution is 2.53. The van der Waals surface area contributed by atoms with E-state index in [9.17, 15) is 9.36 Å². The van der Waals surface area contributed by atoms with Crippen LogP contribution in [0.5, 0.6) is 0 Å². The Morgan fingerprint density at radius 2 is 1.59 bits per heavy atom. The van der Waals surface area contributed by atoms with Crippen LogP contribution in [0.2, 0.25) is 18.1 Å². The van der Waals surface area contributed by atoms with Crippen molar-refractivity contribution in [3.05, 3.63) is 0 Å². The van der Waals surface area contributed by atoms with E-state index in [4.69, 9.17) is 13.5 Å². The van der Waals surface area contributed by atoms with Crippen molar-refractivity contribution in [1.82, 2.24) is 0 Å². The van der Waals surface area contributed by atoms with Crippen molar-refractivity contribution < 1.29 is 22.8 Å². The predicted octanol–water partition coefficient (Wildman–Crippen LogP) is 4.62. The highest BCUT2D eigenvalue weighted by molar-refractivity contribution is 7.55. The van der Waals surface area contributed by atoms with E-state index < -0.39 is 21.6 Å². The molecule has 132 valence electrons. The topological polar surface area (TPSA) is 61.8 Å². The Bertz CT molecular complexity index is 393. The van der Waals surface area contributed by atoms with Gasteiger partial charge in [-0.3, -0.25) is 9.36 Å². The number of rotatable bonds is 10. The average Bonchev–Trinajstić information content (AvgIpc) is 2.36. The number of Topliss-reactive ketones (excluding diaryl/α,β-unsaturated/α-hetero) is 1. The predicted molar refractivity (Wildman–Crippen MR) is 93.1 cm³/mol. The normalized spacial score (nSPS) is 14.9. The van der Waals surface area contributed by atoms with E-state index in [2.05, 4.69) is 33.9 Å². The molecule has 0 N–H and O–H groups in total. The number of hydrogen-bond acceptors (Lipinski definition) is 5. The molecule has 0 amide bonds. The molecule has 0 saturated carbocycles. The highest BCUT2D eigenvalue weighted by atomic mass is 31.2. The van der Waals surface area contributed by atoms with Crippen molar-refractivity contribution in [3.8, 4) is 0 Å². The first-order valence-electron chi connectivity index (χ1n) is 7.96. The van der Waals surface area contributed by atoms with Crippen LogP contribution in [0.1, 0.15) is 48.0 Å². The molecule has 7 heteroatoms. The molecule has 22 heavy (non-hydrogen) atoms. The van der Waals surface area contributed by atoms with Crippen LogP contribution < -0.4 is 0 Å². The molecule has 0 aromatic carbocycles. The van der Waals surface area contributed by atoms with Crippen molar-refractivity contribution in [2.45, 2.75) is 71.8 Å². The largest absolute Gasteiger partial charge is 0.416 e. The van der Waals surface area contributed by atoms with Crippen LogP contribution in [-0.2, 0) is 22.8 Å². The van der Waals surface area contributed by atoms with Crippen molar-refractivity contribution in [1.29, 1.82) is 0 Å². The first-order valence-corrected chi connectivity index (χ1v) is 12.5. The van der Waals surface area contributed by atoms with Crippen LogP contribution in [0.3, 0.4) is 0 Å². The summed E-state index contributed by atoms with van der Waals surface area (Å²) in [5.41, 5.74) is -0.754. The highest BCUT2D eigenvalue weighted by Gasteiger charge is 2.39. The number of carbonyl (C=O) groups is 1. The zero-order valence-electron chi connectivity index (χ0n) is 15.4. The van der Waals surface area contributed by atoms with E-state index >= 15 is 0 Å². The summed E-state index contributed by atoms with van der Waals surface area (Å²) in [6, 6.07) is 0. The summed E-state index contributed by atoms with van der Waals surface area (Å²) in [6.07, 6.45) is 0.234. The third-order valence-electron chi connectivity index (χ3n) is 4.18. The van der Waals surface area contributed by atoms with Crippen LogP contribution >= 0.6 is 7.60 Å². The Labute approximate surface area is 136 Å². The van der Waals surface area contributed by atoms with Gasteiger partial charge in [-0.25, -0.2) is 0 Å². The van der Waals surface area contributed by atoms with Gasteiger partial charge in [-0.15, -0.1) is 0 Å². The standard InChI is InChI=1S/C15H33O5PSi/c1-9-18-21(17,19-10-2)13(3)14(16)11-12-20-22(7,8)15(4,5)6/h13H,9-12H2,1-8H3. The summed E-state index contributed by atoms with van der Waals surface area (Å²) in [6.45, 7) is 16.7. The molecule has 0 fully saturated rings. The summed E-state index contributed by atoms with van der Waals surface area (Å²) < 4.78 is 29.0. The van der Waals surface area contributed by atoms with Gasteiger partial charge in [0.25, 0.3) is 0 Å². The van der Waals surface area contributed by atoms with Gasteiger partial charge in [-0.1, -0.05) is 20.8 Å². The lowest BCUT2D eigenvalue weighted by atomic mass is 10.2.